The number of hydrogen-bond donors (Lipinski definition) is 9. The third-order valence-electron chi connectivity index (χ3n) is 6.63. The lowest BCUT2D eigenvalue weighted by Gasteiger charge is -2.25. The van der Waals surface area contributed by atoms with Crippen LogP contribution in [0.1, 0.15) is 50.5 Å². The number of aromatic amines is 1. The number of H-pyrrole nitrogens is 1. The zero-order valence-electron chi connectivity index (χ0n) is 23.1. The maximum absolute atomic E-state index is 13.4. The topological polar surface area (TPSA) is 262 Å². The number of nitrogens with one attached hydrogen (secondary N) is 4. The number of rotatable bonds is 19. The number of carboxylic acid groups (broad SMARTS) is 1. The highest BCUT2D eigenvalue weighted by molar-refractivity contribution is 5.95. The van der Waals surface area contributed by atoms with Crippen LogP contribution in [0.4, 0.5) is 0 Å². The molecule has 4 atom stereocenters. The van der Waals surface area contributed by atoms with Crippen molar-refractivity contribution in [3.63, 3.8) is 0 Å². The Hall–Kier alpha value is -4.01. The van der Waals surface area contributed by atoms with Crippen molar-refractivity contribution in [3.8, 4) is 0 Å². The second-order valence-corrected chi connectivity index (χ2v) is 9.93. The molecule has 14 heteroatoms. The summed E-state index contributed by atoms with van der Waals surface area (Å²) in [6.07, 6.45) is 3.87. The quantitative estimate of drug-likeness (QED) is 0.0902. The van der Waals surface area contributed by atoms with Crippen molar-refractivity contribution in [2.24, 2.45) is 22.9 Å². The van der Waals surface area contributed by atoms with Crippen LogP contribution in [0, 0.1) is 0 Å². The van der Waals surface area contributed by atoms with Crippen molar-refractivity contribution < 1.29 is 29.1 Å². The molecule has 0 aliphatic rings. The number of aromatic nitrogens is 1. The molecule has 1 heterocycles. The molecule has 0 aliphatic heterocycles. The van der Waals surface area contributed by atoms with Crippen molar-refractivity contribution in [2.45, 2.75) is 75.5 Å². The van der Waals surface area contributed by atoms with Gasteiger partial charge in [0.2, 0.25) is 23.6 Å². The average molecular weight is 575 g/mol. The number of hydrogen-bond acceptors (Lipinski definition) is 8. The van der Waals surface area contributed by atoms with Crippen LogP contribution in [0.25, 0.3) is 10.9 Å². The molecule has 226 valence electrons. The zero-order chi connectivity index (χ0) is 30.4. The van der Waals surface area contributed by atoms with Crippen molar-refractivity contribution >= 4 is 40.5 Å². The summed E-state index contributed by atoms with van der Waals surface area (Å²) in [7, 11) is 0. The molecular formula is C27H42N8O6. The van der Waals surface area contributed by atoms with E-state index in [1.54, 1.807) is 6.20 Å². The fourth-order valence-electron chi connectivity index (χ4n) is 4.37. The Bertz CT molecular complexity index is 1190. The van der Waals surface area contributed by atoms with E-state index in [1.165, 1.54) is 0 Å². The number of aliphatic carboxylic acids is 1. The van der Waals surface area contributed by atoms with E-state index in [0.717, 1.165) is 16.5 Å². The molecule has 4 unspecified atom stereocenters. The lowest BCUT2D eigenvalue weighted by atomic mass is 10.0. The molecule has 0 aliphatic carbocycles. The second kappa shape index (κ2) is 16.9. The van der Waals surface area contributed by atoms with Crippen LogP contribution >= 0.6 is 0 Å². The molecule has 0 saturated heterocycles. The van der Waals surface area contributed by atoms with Gasteiger partial charge in [-0.25, -0.2) is 4.79 Å². The number of primary amides is 1. The average Bonchev–Trinajstić information content (AvgIpc) is 3.33. The molecule has 1 aromatic carbocycles. The molecule has 0 saturated carbocycles. The number of amides is 4. The van der Waals surface area contributed by atoms with Gasteiger partial charge in [-0.15, -0.1) is 0 Å². The van der Waals surface area contributed by atoms with E-state index in [-0.39, 0.29) is 19.3 Å². The summed E-state index contributed by atoms with van der Waals surface area (Å²) in [5, 5.41) is 18.3. The highest BCUT2D eigenvalue weighted by Crippen LogP contribution is 2.19. The van der Waals surface area contributed by atoms with Gasteiger partial charge in [-0.2, -0.15) is 0 Å². The molecule has 13 N–H and O–H groups in total. The Kier molecular flexibility index (Phi) is 13.7. The number of unbranched alkanes of at least 4 members (excludes halogenated alkanes) is 2. The number of nitrogens with two attached hydrogens (primary N) is 4. The largest absolute Gasteiger partial charge is 0.480 e. The van der Waals surface area contributed by atoms with Crippen molar-refractivity contribution in [2.75, 3.05) is 13.1 Å². The number of carbonyl (C=O) groups is 5. The van der Waals surface area contributed by atoms with Gasteiger partial charge in [0, 0.05) is 23.5 Å². The van der Waals surface area contributed by atoms with E-state index in [9.17, 15) is 29.1 Å². The highest BCUT2D eigenvalue weighted by Gasteiger charge is 2.31. The first kappa shape index (κ1) is 33.2. The molecule has 0 fully saturated rings. The third-order valence-corrected chi connectivity index (χ3v) is 6.63. The maximum atomic E-state index is 13.4. The first-order chi connectivity index (χ1) is 19.6. The van der Waals surface area contributed by atoms with Crippen LogP contribution in [0.2, 0.25) is 0 Å². The third kappa shape index (κ3) is 10.8. The fraction of sp³-hybridized carbons (Fsp3) is 0.519. The second-order valence-electron chi connectivity index (χ2n) is 9.93. The first-order valence-corrected chi connectivity index (χ1v) is 13.7. The summed E-state index contributed by atoms with van der Waals surface area (Å²) >= 11 is 0. The summed E-state index contributed by atoms with van der Waals surface area (Å²) in [5.41, 5.74) is 23.5. The Labute approximate surface area is 238 Å². The molecule has 2 aromatic rings. The van der Waals surface area contributed by atoms with E-state index in [1.807, 2.05) is 24.3 Å². The molecule has 0 spiro atoms. The summed E-state index contributed by atoms with van der Waals surface area (Å²) in [6.45, 7) is 0.760. The Balaban J connectivity index is 2.30. The zero-order valence-corrected chi connectivity index (χ0v) is 23.1. The predicted octanol–water partition coefficient (Wildman–Crippen LogP) is -1.29. The number of carbonyl (C=O) groups excluding carboxylic acids is 4. The smallest absolute Gasteiger partial charge is 0.326 e. The predicted molar refractivity (Wildman–Crippen MR) is 153 cm³/mol. The minimum atomic E-state index is -1.26. The molecule has 4 amide bonds. The molecule has 2 rings (SSSR count). The lowest BCUT2D eigenvalue weighted by Crippen LogP contribution is -2.57. The van der Waals surface area contributed by atoms with Crippen LogP contribution in [0.5, 0.6) is 0 Å². The van der Waals surface area contributed by atoms with Gasteiger partial charge < -0.3 is 49.0 Å². The van der Waals surface area contributed by atoms with Gasteiger partial charge in [0.25, 0.3) is 0 Å². The summed E-state index contributed by atoms with van der Waals surface area (Å²) < 4.78 is 0. The van der Waals surface area contributed by atoms with E-state index in [2.05, 4.69) is 20.9 Å². The summed E-state index contributed by atoms with van der Waals surface area (Å²) in [4.78, 5) is 65.6. The van der Waals surface area contributed by atoms with Gasteiger partial charge in [-0.1, -0.05) is 18.2 Å². The van der Waals surface area contributed by atoms with E-state index in [0.29, 0.717) is 38.8 Å². The van der Waals surface area contributed by atoms with Crippen molar-refractivity contribution in [3.05, 3.63) is 36.0 Å². The Morgan fingerprint density at radius 1 is 0.805 bits per heavy atom. The number of fused-ring (bicyclic) bond motifs is 1. The fourth-order valence-corrected chi connectivity index (χ4v) is 4.37. The van der Waals surface area contributed by atoms with Crippen LogP contribution in [0.15, 0.2) is 30.5 Å². The van der Waals surface area contributed by atoms with Gasteiger partial charge in [0.15, 0.2) is 0 Å². The highest BCUT2D eigenvalue weighted by atomic mass is 16.4. The Morgan fingerprint density at radius 2 is 1.37 bits per heavy atom. The van der Waals surface area contributed by atoms with Crippen LogP contribution < -0.4 is 38.9 Å². The lowest BCUT2D eigenvalue weighted by molar-refractivity contribution is -0.142. The number of carboxylic acids is 1. The first-order valence-electron chi connectivity index (χ1n) is 13.7. The molecule has 14 nitrogen and oxygen atoms in total. The minimum Gasteiger partial charge on any atom is -0.480 e. The van der Waals surface area contributed by atoms with Crippen molar-refractivity contribution in [1.82, 2.24) is 20.9 Å². The normalized spacial score (nSPS) is 14.0. The molecule has 0 bridgehead atoms. The van der Waals surface area contributed by atoms with Gasteiger partial charge in [0.1, 0.15) is 18.1 Å². The van der Waals surface area contributed by atoms with Crippen LogP contribution in [-0.4, -0.2) is 76.9 Å². The Morgan fingerprint density at radius 3 is 1.98 bits per heavy atom. The standard InChI is InChI=1S/C27H42N8O6/c28-11-5-3-9-20(33-24(37)18(30)14-23(31)36)25(38)35-22(13-16-15-32-19-8-2-1-7-17(16)19)26(39)34-21(27(40)41)10-4-6-12-29/h1-2,7-8,15,18,20-22,32H,3-6,9-14,28-30H2,(H2,31,36)(H,33,37)(H,34,39)(H,35,38)(H,40,41). The molecule has 1 aromatic heterocycles. The summed E-state index contributed by atoms with van der Waals surface area (Å²) in [6, 6.07) is 2.71. The van der Waals surface area contributed by atoms with E-state index in [4.69, 9.17) is 22.9 Å². The maximum Gasteiger partial charge on any atom is 0.326 e. The van der Waals surface area contributed by atoms with E-state index >= 15 is 0 Å². The summed E-state index contributed by atoms with van der Waals surface area (Å²) in [5.74, 6) is -4.09. The van der Waals surface area contributed by atoms with Gasteiger partial charge in [-0.3, -0.25) is 19.2 Å². The van der Waals surface area contributed by atoms with Crippen LogP contribution in [0.3, 0.4) is 0 Å². The monoisotopic (exact) mass is 574 g/mol. The van der Waals surface area contributed by atoms with Gasteiger partial charge in [-0.05, 0) is 63.2 Å². The number of benzene rings is 1. The minimum absolute atomic E-state index is 0.0430. The van der Waals surface area contributed by atoms with Crippen molar-refractivity contribution in [1.29, 1.82) is 0 Å². The van der Waals surface area contributed by atoms with Gasteiger partial charge in [0.05, 0.1) is 12.5 Å². The number of para-hydroxylation sites is 1. The van der Waals surface area contributed by atoms with Crippen LogP contribution in [-0.2, 0) is 30.4 Å². The molecular weight excluding hydrogens is 532 g/mol. The molecule has 0 radical (unpaired) electrons. The molecule has 41 heavy (non-hydrogen) atoms. The van der Waals surface area contributed by atoms with E-state index < -0.39 is 60.2 Å². The SMILES string of the molecule is NCCCCC(NC(=O)C(Cc1c[nH]c2ccccc12)NC(=O)C(CCCCN)NC(=O)C(N)CC(N)=O)C(=O)O. The van der Waals surface area contributed by atoms with Gasteiger partial charge >= 0.3 is 5.97 Å².